The van der Waals surface area contributed by atoms with Crippen LogP contribution >= 0.6 is 45.9 Å². The predicted molar refractivity (Wildman–Crippen MR) is 252 cm³/mol. The van der Waals surface area contributed by atoms with E-state index in [1.165, 1.54) is 19.9 Å². The number of aromatic nitrogens is 1. The van der Waals surface area contributed by atoms with Crippen molar-refractivity contribution in [3.05, 3.63) is 164 Å². The molecular formula is C45H46Cl2N6O7S4. The third-order valence-corrected chi connectivity index (χ3v) is 18.2. The number of nitrogens with zero attached hydrogens (tertiary/aromatic N) is 4. The number of halogens is 2. The fourth-order valence-electron chi connectivity index (χ4n) is 7.18. The number of hydrogen-bond donors (Lipinski definition) is 3. The van der Waals surface area contributed by atoms with Crippen LogP contribution in [0, 0.1) is 6.92 Å². The molecule has 64 heavy (non-hydrogen) atoms. The van der Waals surface area contributed by atoms with Gasteiger partial charge in [-0.1, -0.05) is 59.6 Å². The van der Waals surface area contributed by atoms with Crippen LogP contribution in [0.5, 0.6) is 0 Å². The lowest BCUT2D eigenvalue weighted by molar-refractivity contribution is -0.00959. The predicted octanol–water partition coefficient (Wildman–Crippen LogP) is 7.55. The third kappa shape index (κ3) is 11.6. The number of aryl methyl sites for hydroxylation is 1. The third-order valence-electron chi connectivity index (χ3n) is 10.8. The Bertz CT molecular complexity index is 2770. The molecule has 3 aromatic carbocycles. The lowest BCUT2D eigenvalue weighted by atomic mass is 9.85. The van der Waals surface area contributed by atoms with Crippen LogP contribution in [0.4, 0.5) is 5.82 Å². The summed E-state index contributed by atoms with van der Waals surface area (Å²) in [6.45, 7) is 4.90. The molecule has 2 saturated heterocycles. The summed E-state index contributed by atoms with van der Waals surface area (Å²) in [5, 5.41) is 17.7. The van der Waals surface area contributed by atoms with Gasteiger partial charge in [0.1, 0.15) is 14.2 Å². The van der Waals surface area contributed by atoms with E-state index >= 15 is 0 Å². The quantitative estimate of drug-likeness (QED) is 0.112. The molecule has 0 radical (unpaired) electrons. The highest BCUT2D eigenvalue weighted by Gasteiger charge is 2.38. The summed E-state index contributed by atoms with van der Waals surface area (Å²) in [6.07, 6.45) is 0.678. The molecule has 8 rings (SSSR count). The van der Waals surface area contributed by atoms with E-state index in [-0.39, 0.29) is 46.4 Å². The van der Waals surface area contributed by atoms with E-state index in [4.69, 9.17) is 23.2 Å². The van der Waals surface area contributed by atoms with Crippen LogP contribution in [0.1, 0.15) is 54.6 Å². The number of piperazine rings is 1. The number of amides is 2. The van der Waals surface area contributed by atoms with Crippen molar-refractivity contribution in [2.45, 2.75) is 46.9 Å². The first-order valence-electron chi connectivity index (χ1n) is 20.3. The van der Waals surface area contributed by atoms with Crippen molar-refractivity contribution in [2.75, 3.05) is 44.2 Å². The molecule has 2 aliphatic rings. The first-order chi connectivity index (χ1) is 30.6. The molecule has 5 heterocycles. The van der Waals surface area contributed by atoms with E-state index < -0.39 is 25.6 Å². The van der Waals surface area contributed by atoms with Gasteiger partial charge in [-0.25, -0.2) is 21.8 Å². The largest absolute Gasteiger partial charge is 0.385 e. The topological polar surface area (TPSA) is 169 Å². The van der Waals surface area contributed by atoms with Gasteiger partial charge >= 0.3 is 0 Å². The van der Waals surface area contributed by atoms with Crippen LogP contribution in [0.2, 0.25) is 10.0 Å². The molecule has 0 bridgehead atoms. The molecule has 336 valence electrons. The Labute approximate surface area is 391 Å². The van der Waals surface area contributed by atoms with Gasteiger partial charge in [-0.2, -0.15) is 8.61 Å². The van der Waals surface area contributed by atoms with E-state index in [9.17, 15) is 31.5 Å². The van der Waals surface area contributed by atoms with Gasteiger partial charge in [0, 0.05) is 75.9 Å². The van der Waals surface area contributed by atoms with Crippen LogP contribution < -0.4 is 15.5 Å². The number of carbonyl (C=O) groups is 2. The second-order valence-corrected chi connectivity index (χ2v) is 22.7. The second-order valence-electron chi connectivity index (χ2n) is 15.2. The number of rotatable bonds is 12. The van der Waals surface area contributed by atoms with Gasteiger partial charge in [0.05, 0.1) is 18.7 Å². The molecular weight excluding hydrogens is 936 g/mol. The number of aliphatic hydroxyl groups is 1. The molecule has 0 aliphatic carbocycles. The molecule has 0 saturated carbocycles. The molecule has 2 amide bonds. The maximum atomic E-state index is 13.1. The lowest BCUT2D eigenvalue weighted by Crippen LogP contribution is -2.48. The van der Waals surface area contributed by atoms with Crippen LogP contribution in [-0.2, 0) is 38.7 Å². The molecule has 0 atom stereocenters. The van der Waals surface area contributed by atoms with Crippen LogP contribution in [0.25, 0.3) is 0 Å². The number of pyridine rings is 1. The van der Waals surface area contributed by atoms with E-state index in [2.05, 4.69) is 20.5 Å². The highest BCUT2D eigenvalue weighted by molar-refractivity contribution is 7.91. The SMILES string of the molecule is Cc1cccc(N2CCN(S(=O)(=O)c3ccc(CNC(=O)c4ccc(Cl)cc4)s3)CC2)n1.O=C(NCc1ccc(S(=O)(=O)N2CCC(O)(c3ccccc3)CC2)s1)c1ccc(Cl)cc1. The Morgan fingerprint density at radius 3 is 1.56 bits per heavy atom. The summed E-state index contributed by atoms with van der Waals surface area (Å²) in [5.74, 6) is 0.382. The second kappa shape index (κ2) is 20.6. The monoisotopic (exact) mass is 980 g/mol. The maximum Gasteiger partial charge on any atom is 0.252 e. The average molecular weight is 982 g/mol. The summed E-state index contributed by atoms with van der Waals surface area (Å²) in [4.78, 5) is 32.7. The van der Waals surface area contributed by atoms with E-state index in [0.717, 1.165) is 38.2 Å². The van der Waals surface area contributed by atoms with Crippen molar-refractivity contribution in [3.63, 3.8) is 0 Å². The van der Waals surface area contributed by atoms with E-state index in [0.29, 0.717) is 60.2 Å². The van der Waals surface area contributed by atoms with Gasteiger partial charge in [-0.15, -0.1) is 22.7 Å². The zero-order valence-electron chi connectivity index (χ0n) is 34.7. The van der Waals surface area contributed by atoms with E-state index in [1.54, 1.807) is 72.8 Å². The summed E-state index contributed by atoms with van der Waals surface area (Å²) in [6, 6.07) is 35.0. The van der Waals surface area contributed by atoms with Gasteiger partial charge in [-0.3, -0.25) is 9.59 Å². The minimum absolute atomic E-state index is 0.232. The Balaban J connectivity index is 0.000000191. The fourth-order valence-corrected chi connectivity index (χ4v) is 13.2. The fraction of sp³-hybridized carbons (Fsp3) is 0.267. The van der Waals surface area contributed by atoms with Gasteiger partial charge in [0.15, 0.2) is 0 Å². The normalized spacial score (nSPS) is 15.8. The minimum Gasteiger partial charge on any atom is -0.385 e. The molecule has 3 aromatic heterocycles. The minimum atomic E-state index is -3.66. The molecule has 6 aromatic rings. The molecule has 2 fully saturated rings. The summed E-state index contributed by atoms with van der Waals surface area (Å²) in [5.41, 5.74) is 1.72. The van der Waals surface area contributed by atoms with Crippen molar-refractivity contribution < 1.29 is 31.5 Å². The van der Waals surface area contributed by atoms with Crippen LogP contribution in [0.3, 0.4) is 0 Å². The van der Waals surface area contributed by atoms with Gasteiger partial charge in [0.25, 0.3) is 31.9 Å². The number of nitrogens with one attached hydrogen (secondary N) is 2. The number of piperidine rings is 1. The maximum absolute atomic E-state index is 13.1. The van der Waals surface area contributed by atoms with Crippen molar-refractivity contribution in [1.29, 1.82) is 0 Å². The van der Waals surface area contributed by atoms with Crippen molar-refractivity contribution in [3.8, 4) is 0 Å². The molecule has 19 heteroatoms. The number of thiophene rings is 2. The molecule has 3 N–H and O–H groups in total. The molecule has 13 nitrogen and oxygen atoms in total. The highest BCUT2D eigenvalue weighted by Crippen LogP contribution is 2.36. The molecule has 0 spiro atoms. The Morgan fingerprint density at radius 1 is 0.625 bits per heavy atom. The van der Waals surface area contributed by atoms with Crippen molar-refractivity contribution in [2.24, 2.45) is 0 Å². The first kappa shape index (κ1) is 47.3. The highest BCUT2D eigenvalue weighted by atomic mass is 35.5. The molecule has 2 aliphatic heterocycles. The number of hydrogen-bond acceptors (Lipinski definition) is 11. The Kier molecular flexibility index (Phi) is 15.3. The molecule has 0 unspecified atom stereocenters. The van der Waals surface area contributed by atoms with E-state index in [1.807, 2.05) is 55.5 Å². The zero-order valence-corrected chi connectivity index (χ0v) is 39.5. The zero-order chi connectivity index (χ0) is 45.5. The smallest absolute Gasteiger partial charge is 0.252 e. The number of benzene rings is 3. The van der Waals surface area contributed by atoms with Crippen molar-refractivity contribution >= 4 is 83.6 Å². The Hall–Kier alpha value is -4.69. The lowest BCUT2D eigenvalue weighted by Gasteiger charge is -2.37. The van der Waals surface area contributed by atoms with Gasteiger partial charge < -0.3 is 20.6 Å². The van der Waals surface area contributed by atoms with Crippen LogP contribution in [0.15, 0.2) is 130 Å². The number of anilines is 1. The number of sulfonamides is 2. The summed E-state index contributed by atoms with van der Waals surface area (Å²) < 4.78 is 55.8. The summed E-state index contributed by atoms with van der Waals surface area (Å²) >= 11 is 14.0. The van der Waals surface area contributed by atoms with Crippen LogP contribution in [-0.4, -0.2) is 86.6 Å². The summed E-state index contributed by atoms with van der Waals surface area (Å²) in [7, 11) is -7.23. The Morgan fingerprint density at radius 2 is 1.09 bits per heavy atom. The van der Waals surface area contributed by atoms with Crippen molar-refractivity contribution in [1.82, 2.24) is 24.2 Å². The first-order valence-corrected chi connectivity index (χ1v) is 25.6. The van der Waals surface area contributed by atoms with Gasteiger partial charge in [0.2, 0.25) is 0 Å². The number of carbonyl (C=O) groups excluding carboxylic acids is 2. The standard InChI is InChI=1S/C23H23ClN2O4S2.C22H23ClN4O3S2/c24-19-8-6-17(7-9-19)22(27)25-16-20-10-11-21(31-20)32(29,30)26-14-12-23(28,13-15-26)18-4-2-1-3-5-18;1-16-3-2-4-20(25-16)26-11-13-27(14-12-26)32(29,30)21-10-9-19(31-21)15-24-22(28)17-5-7-18(23)8-6-17/h1-11,28H,12-16H2,(H,25,27);2-10H,11-15H2,1H3,(H,24,28). The van der Waals surface area contributed by atoms with Gasteiger partial charge in [-0.05, 0) is 110 Å². The average Bonchev–Trinajstić information content (AvgIpc) is 4.00.